The number of rotatable bonds is 5. The first-order valence-corrected chi connectivity index (χ1v) is 6.18. The van der Waals surface area contributed by atoms with E-state index in [1.807, 2.05) is 6.07 Å². The van der Waals surface area contributed by atoms with Gasteiger partial charge in [0.15, 0.2) is 5.82 Å². The van der Waals surface area contributed by atoms with E-state index in [0.29, 0.717) is 5.82 Å². The molecule has 2 aromatic rings. The molecule has 0 bridgehead atoms. The van der Waals surface area contributed by atoms with E-state index < -0.39 is 0 Å². The zero-order valence-corrected chi connectivity index (χ0v) is 10.7. The molecule has 0 aliphatic carbocycles. The van der Waals surface area contributed by atoms with Gasteiger partial charge in [-0.25, -0.2) is 0 Å². The summed E-state index contributed by atoms with van der Waals surface area (Å²) in [6, 6.07) is 3.16. The molecule has 2 aromatic heterocycles. The van der Waals surface area contributed by atoms with Crippen LogP contribution in [0.3, 0.4) is 0 Å². The number of hydrogen-bond donors (Lipinski definition) is 3. The van der Waals surface area contributed by atoms with Crippen LogP contribution in [0.1, 0.15) is 35.8 Å². The highest BCUT2D eigenvalue weighted by atomic mass is 16.3. The van der Waals surface area contributed by atoms with E-state index >= 15 is 0 Å². The summed E-state index contributed by atoms with van der Waals surface area (Å²) in [7, 11) is 0. The Morgan fingerprint density at radius 3 is 3.00 bits per heavy atom. The van der Waals surface area contributed by atoms with E-state index in [1.54, 1.807) is 0 Å². The number of aromatic nitrogens is 3. The molecule has 0 aliphatic rings. The predicted octanol–water partition coefficient (Wildman–Crippen LogP) is 2.11. The van der Waals surface area contributed by atoms with Gasteiger partial charge in [-0.05, 0) is 18.9 Å². The molecule has 0 unspecified atom stereocenters. The fraction of sp³-hybridized carbons (Fsp3) is 0.308. The van der Waals surface area contributed by atoms with E-state index in [0.717, 1.165) is 25.0 Å². The Bertz CT molecular complexity index is 565. The number of aryl methyl sites for hydroxylation is 1. The lowest BCUT2D eigenvalue weighted by Gasteiger charge is -2.01. The lowest BCUT2D eigenvalue weighted by Crippen LogP contribution is -2.12. The number of pyridine rings is 1. The molecule has 1 amide bonds. The van der Waals surface area contributed by atoms with Gasteiger partial charge in [-0.3, -0.25) is 14.9 Å². The molecule has 0 spiro atoms. The quantitative estimate of drug-likeness (QED) is 0.767. The van der Waals surface area contributed by atoms with Gasteiger partial charge in [-0.1, -0.05) is 13.3 Å². The summed E-state index contributed by atoms with van der Waals surface area (Å²) in [5.41, 5.74) is 1.28. The van der Waals surface area contributed by atoms with Crippen molar-refractivity contribution < 1.29 is 9.90 Å². The maximum Gasteiger partial charge on any atom is 0.258 e. The Balaban J connectivity index is 2.00. The van der Waals surface area contributed by atoms with E-state index in [4.69, 9.17) is 0 Å². The summed E-state index contributed by atoms with van der Waals surface area (Å²) in [6.45, 7) is 2.12. The van der Waals surface area contributed by atoms with Crippen LogP contribution in [-0.2, 0) is 6.42 Å². The number of carbonyl (C=O) groups is 1. The second-order valence-electron chi connectivity index (χ2n) is 4.27. The smallest absolute Gasteiger partial charge is 0.258 e. The third-order valence-electron chi connectivity index (χ3n) is 2.66. The topological polar surface area (TPSA) is 90.9 Å². The van der Waals surface area contributed by atoms with Crippen molar-refractivity contribution in [2.45, 2.75) is 26.2 Å². The standard InChI is InChI=1S/C13H16N4O2/c1-2-3-4-10-6-12(17-16-10)15-13(19)9-5-11(18)8-14-7-9/h5-8,18H,2-4H2,1H3,(H2,15,16,17,19). The summed E-state index contributed by atoms with van der Waals surface area (Å²) in [4.78, 5) is 15.6. The third kappa shape index (κ3) is 3.54. The van der Waals surface area contributed by atoms with Crippen molar-refractivity contribution in [3.05, 3.63) is 35.8 Å². The molecule has 0 saturated heterocycles. The van der Waals surface area contributed by atoms with Crippen LogP contribution in [0.2, 0.25) is 0 Å². The van der Waals surface area contributed by atoms with Crippen LogP contribution >= 0.6 is 0 Å². The summed E-state index contributed by atoms with van der Waals surface area (Å²) in [6.07, 6.45) is 5.75. The number of amides is 1. The molecule has 0 atom stereocenters. The number of nitrogens with zero attached hydrogens (tertiary/aromatic N) is 2. The molecule has 19 heavy (non-hydrogen) atoms. The van der Waals surface area contributed by atoms with Gasteiger partial charge >= 0.3 is 0 Å². The van der Waals surface area contributed by atoms with Crippen LogP contribution in [0.25, 0.3) is 0 Å². The van der Waals surface area contributed by atoms with Crippen LogP contribution in [0.15, 0.2) is 24.5 Å². The average Bonchev–Trinajstić information content (AvgIpc) is 2.84. The van der Waals surface area contributed by atoms with Crippen LogP contribution in [-0.4, -0.2) is 26.2 Å². The molecular weight excluding hydrogens is 244 g/mol. The van der Waals surface area contributed by atoms with E-state index in [1.165, 1.54) is 18.5 Å². The molecule has 2 rings (SSSR count). The van der Waals surface area contributed by atoms with Gasteiger partial charge in [-0.15, -0.1) is 0 Å². The summed E-state index contributed by atoms with van der Waals surface area (Å²) in [5.74, 6) is 0.0784. The lowest BCUT2D eigenvalue weighted by atomic mass is 10.2. The van der Waals surface area contributed by atoms with Gasteiger partial charge in [0.2, 0.25) is 0 Å². The number of aromatic amines is 1. The monoisotopic (exact) mass is 260 g/mol. The first-order valence-electron chi connectivity index (χ1n) is 6.18. The second-order valence-corrected chi connectivity index (χ2v) is 4.27. The highest BCUT2D eigenvalue weighted by molar-refractivity contribution is 6.03. The average molecular weight is 260 g/mol. The Morgan fingerprint density at radius 1 is 1.42 bits per heavy atom. The molecule has 0 radical (unpaired) electrons. The lowest BCUT2D eigenvalue weighted by molar-refractivity contribution is 0.102. The molecule has 100 valence electrons. The van der Waals surface area contributed by atoms with Crippen molar-refractivity contribution in [3.8, 4) is 5.75 Å². The zero-order valence-electron chi connectivity index (χ0n) is 10.7. The van der Waals surface area contributed by atoms with Gasteiger partial charge < -0.3 is 10.4 Å². The zero-order chi connectivity index (χ0) is 13.7. The summed E-state index contributed by atoms with van der Waals surface area (Å²) < 4.78 is 0. The molecule has 0 aliphatic heterocycles. The Morgan fingerprint density at radius 2 is 2.26 bits per heavy atom. The first kappa shape index (κ1) is 13.1. The van der Waals surface area contributed by atoms with Crippen molar-refractivity contribution in [3.63, 3.8) is 0 Å². The largest absolute Gasteiger partial charge is 0.506 e. The van der Waals surface area contributed by atoms with Crippen LogP contribution in [0.4, 0.5) is 5.82 Å². The van der Waals surface area contributed by atoms with Crippen molar-refractivity contribution in [1.29, 1.82) is 0 Å². The minimum absolute atomic E-state index is 0.0432. The van der Waals surface area contributed by atoms with E-state index in [-0.39, 0.29) is 17.2 Å². The number of hydrogen-bond acceptors (Lipinski definition) is 4. The Hall–Kier alpha value is -2.37. The van der Waals surface area contributed by atoms with Crippen molar-refractivity contribution >= 4 is 11.7 Å². The first-order chi connectivity index (χ1) is 9.19. The molecule has 0 saturated carbocycles. The Labute approximate surface area is 110 Å². The maximum absolute atomic E-state index is 11.9. The minimum Gasteiger partial charge on any atom is -0.506 e. The number of aromatic hydroxyl groups is 1. The molecule has 0 aromatic carbocycles. The molecule has 2 heterocycles. The predicted molar refractivity (Wildman–Crippen MR) is 71.1 cm³/mol. The van der Waals surface area contributed by atoms with Gasteiger partial charge in [0.1, 0.15) is 5.75 Å². The van der Waals surface area contributed by atoms with E-state index in [9.17, 15) is 9.90 Å². The molecule has 3 N–H and O–H groups in total. The molecule has 0 fully saturated rings. The highest BCUT2D eigenvalue weighted by Crippen LogP contribution is 2.12. The third-order valence-corrected chi connectivity index (χ3v) is 2.66. The number of nitrogens with one attached hydrogen (secondary N) is 2. The van der Waals surface area contributed by atoms with Crippen molar-refractivity contribution in [2.24, 2.45) is 0 Å². The van der Waals surface area contributed by atoms with Crippen molar-refractivity contribution in [1.82, 2.24) is 15.2 Å². The van der Waals surface area contributed by atoms with Gasteiger partial charge in [0, 0.05) is 18.0 Å². The van der Waals surface area contributed by atoms with Gasteiger partial charge in [0.25, 0.3) is 5.91 Å². The van der Waals surface area contributed by atoms with Gasteiger partial charge in [-0.2, -0.15) is 5.10 Å². The second kappa shape index (κ2) is 5.99. The molecule has 6 heteroatoms. The molecule has 6 nitrogen and oxygen atoms in total. The minimum atomic E-state index is -0.350. The Kier molecular flexibility index (Phi) is 4.12. The van der Waals surface area contributed by atoms with Crippen LogP contribution in [0, 0.1) is 0 Å². The number of anilines is 1. The number of carbonyl (C=O) groups excluding carboxylic acids is 1. The fourth-order valence-electron chi connectivity index (χ4n) is 1.66. The van der Waals surface area contributed by atoms with Gasteiger partial charge in [0.05, 0.1) is 11.8 Å². The fourth-order valence-corrected chi connectivity index (χ4v) is 1.66. The molecular formula is C13H16N4O2. The normalized spacial score (nSPS) is 10.4. The van der Waals surface area contributed by atoms with Crippen molar-refractivity contribution in [2.75, 3.05) is 5.32 Å². The van der Waals surface area contributed by atoms with Crippen LogP contribution < -0.4 is 5.32 Å². The highest BCUT2D eigenvalue weighted by Gasteiger charge is 2.09. The SMILES string of the molecule is CCCCc1cc(NC(=O)c2cncc(O)c2)n[nH]1. The summed E-state index contributed by atoms with van der Waals surface area (Å²) in [5, 5.41) is 18.8. The van der Waals surface area contributed by atoms with Crippen LogP contribution in [0.5, 0.6) is 5.75 Å². The number of H-pyrrole nitrogens is 1. The summed E-state index contributed by atoms with van der Waals surface area (Å²) >= 11 is 0. The number of unbranched alkanes of at least 4 members (excludes halogenated alkanes) is 1. The van der Waals surface area contributed by atoms with E-state index in [2.05, 4.69) is 27.4 Å². The maximum atomic E-state index is 11.9.